The van der Waals surface area contributed by atoms with Gasteiger partial charge in [-0.1, -0.05) is 65.0 Å². The Morgan fingerprint density at radius 2 is 1.06 bits per heavy atom. The van der Waals surface area contributed by atoms with E-state index in [4.69, 9.17) is 26.6 Å². The first-order chi connectivity index (χ1) is 20.2. The first kappa shape index (κ1) is 64.7. The van der Waals surface area contributed by atoms with Crippen molar-refractivity contribution in [1.29, 1.82) is 0 Å². The van der Waals surface area contributed by atoms with Crippen LogP contribution >= 0.6 is 0 Å². The Bertz CT molecular complexity index is 837. The minimum absolute atomic E-state index is 0. The summed E-state index contributed by atoms with van der Waals surface area (Å²) in [5.74, 6) is -0.470. The number of hydrogen-bond acceptors (Lipinski definition) is 10. The lowest BCUT2D eigenvalue weighted by Crippen LogP contribution is -2.57. The minimum Gasteiger partial charge on any atom is -0.462 e. The lowest BCUT2D eigenvalue weighted by Gasteiger charge is -2.42. The molecule has 0 bridgehead atoms. The van der Waals surface area contributed by atoms with Crippen LogP contribution in [0.5, 0.6) is 0 Å². The summed E-state index contributed by atoms with van der Waals surface area (Å²) in [6, 6.07) is 1.63. The minimum atomic E-state index is -2.69. The summed E-state index contributed by atoms with van der Waals surface area (Å²) in [6.07, 6.45) is 2.80. The van der Waals surface area contributed by atoms with Crippen LogP contribution < -0.4 is 0 Å². The molecule has 0 saturated heterocycles. The molecule has 0 amide bonds. The predicted molar refractivity (Wildman–Crippen MR) is 227 cm³/mol. The molecule has 310 valence electrons. The van der Waals surface area contributed by atoms with Crippen LogP contribution in [0.1, 0.15) is 91.0 Å². The fraction of sp³-hybridized carbons (Fsp3) is 0.917. The topological polar surface area (TPSA) is 133 Å². The van der Waals surface area contributed by atoms with Gasteiger partial charge in [-0.05, 0) is 97.1 Å². The third-order valence-corrected chi connectivity index (χ3v) is 22.5. The molecule has 0 aliphatic rings. The van der Waals surface area contributed by atoms with Gasteiger partial charge < -0.3 is 41.9 Å². The Balaban J connectivity index is -0.000000616. The van der Waals surface area contributed by atoms with E-state index in [0.29, 0.717) is 38.2 Å². The molecule has 3 N–H and O–H groups in total. The molecule has 50 heavy (non-hydrogen) atoms. The zero-order chi connectivity index (χ0) is 34.3. The summed E-state index contributed by atoms with van der Waals surface area (Å²) >= 11 is 0. The van der Waals surface area contributed by atoms with Gasteiger partial charge in [-0.2, -0.15) is 0 Å². The van der Waals surface area contributed by atoms with E-state index in [2.05, 4.69) is 59.0 Å². The number of rotatable bonds is 26. The van der Waals surface area contributed by atoms with Gasteiger partial charge >= 0.3 is 23.1 Å². The summed E-state index contributed by atoms with van der Waals surface area (Å²) in [7, 11) is -9.14. The van der Waals surface area contributed by atoms with E-state index in [9.17, 15) is 20.1 Å². The molecule has 0 fully saturated rings. The largest absolute Gasteiger partial charge is 0.462 e. The molecule has 0 aromatic carbocycles. The van der Waals surface area contributed by atoms with Crippen LogP contribution in [0.2, 0.25) is 64.5 Å². The summed E-state index contributed by atoms with van der Waals surface area (Å²) in [6.45, 7) is 27.7. The average Bonchev–Trinajstić information content (AvgIpc) is 2.90. The van der Waals surface area contributed by atoms with Crippen molar-refractivity contribution in [2.45, 2.75) is 155 Å². The van der Waals surface area contributed by atoms with Crippen molar-refractivity contribution >= 4 is 39.7 Å². The van der Waals surface area contributed by atoms with E-state index in [1.165, 1.54) is 0 Å². The monoisotopic (exact) mass is 795 g/mol. The second-order valence-corrected chi connectivity index (χ2v) is 30.8. The highest BCUT2D eigenvalue weighted by molar-refractivity contribution is 6.89. The van der Waals surface area contributed by atoms with E-state index in [-0.39, 0.29) is 77.6 Å². The van der Waals surface area contributed by atoms with E-state index in [1.54, 1.807) is 6.92 Å². The molecule has 0 aromatic heterocycles. The number of ether oxygens (including phenoxy) is 3. The van der Waals surface area contributed by atoms with Gasteiger partial charge in [0.05, 0.1) is 38.4 Å². The van der Waals surface area contributed by atoms with Gasteiger partial charge in [0.25, 0.3) is 0 Å². The fourth-order valence-corrected chi connectivity index (χ4v) is 23.8. The smallest absolute Gasteiger partial charge is 0.333 e. The van der Waals surface area contributed by atoms with Crippen molar-refractivity contribution in [3.05, 3.63) is 12.2 Å². The number of carbonyl (C=O) groups excluding carboxylic acids is 1. The van der Waals surface area contributed by atoms with Crippen LogP contribution in [-0.4, -0.2) is 108 Å². The molecule has 0 aromatic rings. The molecule has 0 aliphatic heterocycles. The van der Waals surface area contributed by atoms with Crippen LogP contribution in [0.3, 0.4) is 0 Å². The highest BCUT2D eigenvalue weighted by Crippen LogP contribution is 2.30. The SMILES string of the molecule is C.C.C.C.C.C.C=C(C)C(=O)OCC(CC)(CO)COCCC[Si](C)(O[Si](C)(C)CCCOCC(CC)(CO)CO)O[Si](C)(C)O[Si](C)(C)C. The molecule has 0 saturated carbocycles. The third kappa shape index (κ3) is 26.5. The number of carbonyl (C=O) groups is 1. The lowest BCUT2D eigenvalue weighted by atomic mass is 9.88. The van der Waals surface area contributed by atoms with Crippen LogP contribution in [0.4, 0.5) is 0 Å². The van der Waals surface area contributed by atoms with Gasteiger partial charge in [0.1, 0.15) is 6.61 Å². The second kappa shape index (κ2) is 29.2. The summed E-state index contributed by atoms with van der Waals surface area (Å²) in [4.78, 5) is 11.9. The summed E-state index contributed by atoms with van der Waals surface area (Å²) in [5, 5.41) is 29.4. The summed E-state index contributed by atoms with van der Waals surface area (Å²) < 4.78 is 37.7. The Morgan fingerprint density at radius 1 is 0.640 bits per heavy atom. The highest BCUT2D eigenvalue weighted by Gasteiger charge is 2.45. The lowest BCUT2D eigenvalue weighted by molar-refractivity contribution is -0.146. The zero-order valence-corrected chi connectivity index (χ0v) is 33.8. The summed E-state index contributed by atoms with van der Waals surface area (Å²) in [5.41, 5.74) is -0.940. The quantitative estimate of drug-likeness (QED) is 0.0337. The van der Waals surface area contributed by atoms with E-state index < -0.39 is 50.6 Å². The van der Waals surface area contributed by atoms with Crippen molar-refractivity contribution in [2.75, 3.05) is 52.9 Å². The normalized spacial score (nSPS) is 14.0. The molecule has 14 heteroatoms. The Labute approximate surface area is 316 Å². The van der Waals surface area contributed by atoms with Gasteiger partial charge in [0, 0.05) is 24.2 Å². The second-order valence-electron chi connectivity index (χ2n) is 14.6. The number of esters is 1. The van der Waals surface area contributed by atoms with Gasteiger partial charge in [0.2, 0.25) is 0 Å². The maximum atomic E-state index is 11.9. The van der Waals surface area contributed by atoms with Crippen molar-refractivity contribution in [1.82, 2.24) is 0 Å². The predicted octanol–water partition coefficient (Wildman–Crippen LogP) is 9.37. The Kier molecular flexibility index (Phi) is 37.7. The third-order valence-electron chi connectivity index (χ3n) is 7.67. The molecule has 0 heterocycles. The first-order valence-corrected chi connectivity index (χ1v) is 27.9. The molecular formula is C36H90O10Si4. The maximum Gasteiger partial charge on any atom is 0.333 e. The van der Waals surface area contributed by atoms with E-state index in [1.807, 2.05) is 13.8 Å². The molecule has 0 radical (unpaired) electrons. The molecule has 10 nitrogen and oxygen atoms in total. The number of hydrogen-bond donors (Lipinski definition) is 3. The van der Waals surface area contributed by atoms with Crippen molar-refractivity contribution in [3.8, 4) is 0 Å². The highest BCUT2D eigenvalue weighted by atomic mass is 28.5. The van der Waals surface area contributed by atoms with Gasteiger partial charge in [-0.3, -0.25) is 0 Å². The van der Waals surface area contributed by atoms with Gasteiger partial charge in [0.15, 0.2) is 16.6 Å². The van der Waals surface area contributed by atoms with Crippen LogP contribution in [-0.2, 0) is 31.4 Å². The first-order valence-electron chi connectivity index (χ1n) is 16.1. The standard InChI is InChI=1S/C30H66O10Si4.6CH4/c1-13-29(21-31,22-32)24-35-17-15-19-42(8,9)39-44(12,40-43(10,11)38-41(5,6)7)20-16-18-36-25-30(14-2,23-33)26-37-28(34)27(3)4;;;;;;/h31-33H,3,13-26H2,1-2,4-12H3;6*1H4. The molecule has 2 atom stereocenters. The van der Waals surface area contributed by atoms with Crippen molar-refractivity contribution in [3.63, 3.8) is 0 Å². The van der Waals surface area contributed by atoms with Crippen molar-refractivity contribution < 1.29 is 46.7 Å². The molecule has 0 spiro atoms. The Morgan fingerprint density at radius 3 is 1.44 bits per heavy atom. The van der Waals surface area contributed by atoms with Gasteiger partial charge in [-0.15, -0.1) is 0 Å². The molecule has 2 unspecified atom stereocenters. The Hall–Kier alpha value is -0.242. The zero-order valence-electron chi connectivity index (χ0n) is 29.8. The van der Waals surface area contributed by atoms with Gasteiger partial charge in [-0.25, -0.2) is 4.79 Å². The molecular weight excluding hydrogens is 705 g/mol. The molecule has 0 aliphatic carbocycles. The van der Waals surface area contributed by atoms with Crippen LogP contribution in [0.25, 0.3) is 0 Å². The van der Waals surface area contributed by atoms with Crippen molar-refractivity contribution in [2.24, 2.45) is 10.8 Å². The number of aliphatic hydroxyl groups is 3. The van der Waals surface area contributed by atoms with E-state index >= 15 is 0 Å². The maximum absolute atomic E-state index is 11.9. The molecule has 0 rings (SSSR count). The van der Waals surface area contributed by atoms with Crippen LogP contribution in [0, 0.1) is 10.8 Å². The fourth-order valence-electron chi connectivity index (χ4n) is 4.97. The van der Waals surface area contributed by atoms with Crippen LogP contribution in [0.15, 0.2) is 12.2 Å². The average molecular weight is 795 g/mol. The number of aliphatic hydroxyl groups excluding tert-OH is 3. The van der Waals surface area contributed by atoms with E-state index in [0.717, 1.165) is 24.9 Å².